The van der Waals surface area contributed by atoms with E-state index in [0.29, 0.717) is 53.8 Å². The van der Waals surface area contributed by atoms with Gasteiger partial charge < -0.3 is 9.64 Å². The van der Waals surface area contributed by atoms with E-state index >= 15 is 0 Å². The number of rotatable bonds is 11. The quantitative estimate of drug-likeness (QED) is 0.375. The molecule has 2 aliphatic rings. The van der Waals surface area contributed by atoms with Gasteiger partial charge >= 0.3 is 0 Å². The number of nitrogens with one attached hydrogen (secondary N) is 1. The molecule has 0 aromatic carbocycles. The molecule has 1 N–H and O–H groups in total. The average molecular weight is 562 g/mol. The summed E-state index contributed by atoms with van der Waals surface area (Å²) in [6, 6.07) is 2.64. The summed E-state index contributed by atoms with van der Waals surface area (Å²) in [6.45, 7) is 3.18. The Hall–Kier alpha value is -3.23. The van der Waals surface area contributed by atoms with Crippen LogP contribution in [0.25, 0.3) is 10.6 Å². The van der Waals surface area contributed by atoms with Crippen LogP contribution in [-0.2, 0) is 10.0 Å². The smallest absolute Gasteiger partial charge is 0.283 e. The second-order valence-corrected chi connectivity index (χ2v) is 12.3. The van der Waals surface area contributed by atoms with Crippen LogP contribution in [0.5, 0.6) is 5.88 Å². The SMILES string of the molecule is CCOc1cncc(-c2cnc(C(=O)N(C)[C@H](CN3CC(F)C3)c3cc(NS(=O)(=O)C4CC4)ccn3)s2)n1. The summed E-state index contributed by atoms with van der Waals surface area (Å²) in [5.41, 5.74) is 1.41. The van der Waals surface area contributed by atoms with Gasteiger partial charge in [-0.1, -0.05) is 0 Å². The third-order valence-electron chi connectivity index (χ3n) is 6.32. The second kappa shape index (κ2) is 10.9. The summed E-state index contributed by atoms with van der Waals surface area (Å²) < 4.78 is 46.5. The lowest BCUT2D eigenvalue weighted by Gasteiger charge is -2.39. The number of aromatic nitrogens is 4. The molecule has 1 saturated carbocycles. The van der Waals surface area contributed by atoms with Crippen molar-refractivity contribution in [3.05, 3.63) is 47.6 Å². The molecule has 38 heavy (non-hydrogen) atoms. The van der Waals surface area contributed by atoms with Crippen molar-refractivity contribution in [1.29, 1.82) is 0 Å². The Morgan fingerprint density at radius 1 is 1.29 bits per heavy atom. The minimum Gasteiger partial charge on any atom is -0.477 e. The molecule has 1 saturated heterocycles. The molecule has 3 aromatic heterocycles. The number of thiazole rings is 1. The number of carbonyl (C=O) groups excluding carboxylic acids is 1. The Morgan fingerprint density at radius 2 is 2.08 bits per heavy atom. The number of carbonyl (C=O) groups is 1. The van der Waals surface area contributed by atoms with E-state index in [1.165, 1.54) is 28.6 Å². The van der Waals surface area contributed by atoms with Gasteiger partial charge in [0, 0.05) is 39.1 Å². The van der Waals surface area contributed by atoms with Gasteiger partial charge in [0.1, 0.15) is 11.9 Å². The van der Waals surface area contributed by atoms with Crippen LogP contribution in [-0.4, -0.2) is 88.8 Å². The third-order valence-corrected chi connectivity index (χ3v) is 9.20. The molecule has 0 radical (unpaired) electrons. The molecule has 1 atom stereocenters. The lowest BCUT2D eigenvalue weighted by Crippen LogP contribution is -2.52. The third kappa shape index (κ3) is 5.92. The van der Waals surface area contributed by atoms with Gasteiger partial charge in [-0.05, 0) is 31.9 Å². The molecule has 202 valence electrons. The van der Waals surface area contributed by atoms with Crippen LogP contribution < -0.4 is 9.46 Å². The van der Waals surface area contributed by atoms with E-state index in [2.05, 4.69) is 24.7 Å². The Labute approximate surface area is 224 Å². The Morgan fingerprint density at radius 3 is 2.79 bits per heavy atom. The average Bonchev–Trinajstić information content (AvgIpc) is 3.64. The number of likely N-dealkylation sites (N-methyl/N-ethyl adjacent to an activating group) is 1. The van der Waals surface area contributed by atoms with Crippen LogP contribution in [0.2, 0.25) is 0 Å². The van der Waals surface area contributed by atoms with Crippen LogP contribution in [0, 0.1) is 0 Å². The van der Waals surface area contributed by atoms with E-state index in [1.54, 1.807) is 31.6 Å². The van der Waals surface area contributed by atoms with E-state index in [1.807, 2.05) is 11.8 Å². The molecule has 1 aliphatic carbocycles. The molecule has 5 rings (SSSR count). The molecular weight excluding hydrogens is 533 g/mol. The molecule has 3 aromatic rings. The monoisotopic (exact) mass is 561 g/mol. The van der Waals surface area contributed by atoms with Crippen molar-refractivity contribution in [1.82, 2.24) is 29.7 Å². The van der Waals surface area contributed by atoms with E-state index in [9.17, 15) is 17.6 Å². The molecule has 11 nitrogen and oxygen atoms in total. The fourth-order valence-corrected chi connectivity index (χ4v) is 6.34. The van der Waals surface area contributed by atoms with Crippen LogP contribution in [0.15, 0.2) is 36.9 Å². The number of nitrogens with zero attached hydrogens (tertiary/aromatic N) is 6. The van der Waals surface area contributed by atoms with E-state index < -0.39 is 22.2 Å². The molecule has 0 unspecified atom stereocenters. The van der Waals surface area contributed by atoms with Gasteiger partial charge in [0.2, 0.25) is 15.9 Å². The first kappa shape index (κ1) is 26.4. The van der Waals surface area contributed by atoms with Crippen molar-refractivity contribution in [3.63, 3.8) is 0 Å². The van der Waals surface area contributed by atoms with Gasteiger partial charge in [-0.15, -0.1) is 11.3 Å². The summed E-state index contributed by atoms with van der Waals surface area (Å²) in [4.78, 5) is 34.9. The maximum atomic E-state index is 13.6. The molecule has 1 aliphatic heterocycles. The van der Waals surface area contributed by atoms with Crippen molar-refractivity contribution in [2.45, 2.75) is 37.2 Å². The number of amides is 1. The second-order valence-electron chi connectivity index (χ2n) is 9.27. The fraction of sp³-hybridized carbons (Fsp3) is 0.458. The van der Waals surface area contributed by atoms with Gasteiger partial charge in [-0.3, -0.25) is 24.4 Å². The highest BCUT2D eigenvalue weighted by atomic mass is 32.2. The zero-order chi connectivity index (χ0) is 26.9. The topological polar surface area (TPSA) is 131 Å². The molecule has 2 fully saturated rings. The first-order valence-corrected chi connectivity index (χ1v) is 14.6. The minimum atomic E-state index is -3.46. The molecule has 1 amide bonds. The molecule has 4 heterocycles. The highest BCUT2D eigenvalue weighted by Gasteiger charge is 2.36. The Balaban J connectivity index is 1.38. The van der Waals surface area contributed by atoms with Gasteiger partial charge in [0.25, 0.3) is 5.91 Å². The van der Waals surface area contributed by atoms with Crippen LogP contribution in [0.3, 0.4) is 0 Å². The van der Waals surface area contributed by atoms with E-state index in [4.69, 9.17) is 4.74 Å². The lowest BCUT2D eigenvalue weighted by molar-refractivity contribution is 0.0352. The molecular formula is C24H28FN7O4S2. The Kier molecular flexibility index (Phi) is 7.54. The summed E-state index contributed by atoms with van der Waals surface area (Å²) in [5.74, 6) is 0.0377. The van der Waals surface area contributed by atoms with E-state index in [-0.39, 0.29) is 29.3 Å². The van der Waals surface area contributed by atoms with Crippen molar-refractivity contribution in [2.75, 3.05) is 38.0 Å². The molecule has 0 bridgehead atoms. The highest BCUT2D eigenvalue weighted by molar-refractivity contribution is 7.93. The van der Waals surface area contributed by atoms with E-state index in [0.717, 1.165) is 0 Å². The summed E-state index contributed by atoms with van der Waals surface area (Å²) >= 11 is 1.18. The zero-order valence-corrected chi connectivity index (χ0v) is 22.6. The predicted molar refractivity (Wildman–Crippen MR) is 140 cm³/mol. The van der Waals surface area contributed by atoms with Crippen LogP contribution in [0.1, 0.15) is 41.3 Å². The standard InChI is InChI=1S/C24H28FN7O4S2/c1-3-36-22-11-26-9-19(29-22)21-10-28-23(37-21)24(33)31(2)20(14-32-12-15(25)13-32)18-8-16(6-7-27-18)30-38(34,35)17-4-5-17/h6-11,15,17,20H,3-5,12-14H2,1-2H3,(H,27,30)/t20-/m1/s1. The predicted octanol–water partition coefficient (Wildman–Crippen LogP) is 2.76. The van der Waals surface area contributed by atoms with Gasteiger partial charge in [0.05, 0.1) is 46.6 Å². The number of pyridine rings is 1. The van der Waals surface area contributed by atoms with Crippen molar-refractivity contribution >= 4 is 33.0 Å². The maximum absolute atomic E-state index is 13.6. The fourth-order valence-electron chi connectivity index (χ4n) is 4.10. The minimum absolute atomic E-state index is 0.244. The Bertz CT molecular complexity index is 1410. The molecule has 14 heteroatoms. The number of halogens is 1. The lowest BCUT2D eigenvalue weighted by atomic mass is 10.1. The normalized spacial score (nSPS) is 17.0. The number of hydrogen-bond acceptors (Lipinski definition) is 10. The van der Waals surface area contributed by atoms with Crippen molar-refractivity contribution in [2.24, 2.45) is 0 Å². The number of hydrogen-bond donors (Lipinski definition) is 1. The largest absolute Gasteiger partial charge is 0.477 e. The zero-order valence-electron chi connectivity index (χ0n) is 20.9. The number of alkyl halides is 1. The van der Waals surface area contributed by atoms with Crippen LogP contribution >= 0.6 is 11.3 Å². The number of likely N-dealkylation sites (tertiary alicyclic amines) is 1. The summed E-state index contributed by atoms with van der Waals surface area (Å²) in [6.07, 6.45) is 6.54. The van der Waals surface area contributed by atoms with Crippen molar-refractivity contribution in [3.8, 4) is 16.5 Å². The first-order valence-electron chi connectivity index (χ1n) is 12.3. The molecule has 0 spiro atoms. The number of anilines is 1. The first-order chi connectivity index (χ1) is 18.2. The summed E-state index contributed by atoms with van der Waals surface area (Å²) in [5, 5.41) is -0.131. The van der Waals surface area contributed by atoms with Gasteiger partial charge in [0.15, 0.2) is 5.01 Å². The highest BCUT2D eigenvalue weighted by Crippen LogP contribution is 2.32. The number of ether oxygens (including phenoxy) is 1. The van der Waals surface area contributed by atoms with Crippen LogP contribution in [0.4, 0.5) is 10.1 Å². The maximum Gasteiger partial charge on any atom is 0.283 e. The van der Waals surface area contributed by atoms with Gasteiger partial charge in [-0.25, -0.2) is 22.8 Å². The summed E-state index contributed by atoms with van der Waals surface area (Å²) in [7, 11) is -1.83. The van der Waals surface area contributed by atoms with Crippen molar-refractivity contribution < 1.29 is 22.3 Å². The van der Waals surface area contributed by atoms with Gasteiger partial charge in [-0.2, -0.15) is 0 Å². The number of sulfonamides is 1.